The summed E-state index contributed by atoms with van der Waals surface area (Å²) >= 11 is 0. The first-order chi connectivity index (χ1) is 21.7. The quantitative estimate of drug-likeness (QED) is 0.200. The first-order valence-corrected chi connectivity index (χ1v) is 15.1. The van der Waals surface area contributed by atoms with Gasteiger partial charge in [-0.3, -0.25) is 0 Å². The van der Waals surface area contributed by atoms with Crippen LogP contribution in [0, 0.1) is 13.8 Å². The van der Waals surface area contributed by atoms with Gasteiger partial charge >= 0.3 is 0 Å². The van der Waals surface area contributed by atoms with Gasteiger partial charge in [-0.1, -0.05) is 103 Å². The number of benzene rings is 7. The molecule has 3 nitrogen and oxygen atoms in total. The Morgan fingerprint density at radius 2 is 1.09 bits per heavy atom. The lowest BCUT2D eigenvalue weighted by Crippen LogP contribution is -1.98. The molecule has 0 saturated carbocycles. The van der Waals surface area contributed by atoms with E-state index in [-0.39, 0.29) is 0 Å². The standard InChI is InChI=1S/C41H28N2O/c1-25-38(26(2)43(42-25)29-13-4-3-5-14-29)40-34-18-10-8-16-32(34)39(33-17-9-11-19-35(33)40)28-21-22-31-36-23-20-27-12-6-7-15-30(27)41(36)44-37(31)24-28/h3-24H,1-2H3. The lowest BCUT2D eigenvalue weighted by molar-refractivity contribution is 0.673. The molecule has 3 heteroatoms. The van der Waals surface area contributed by atoms with Gasteiger partial charge in [0.1, 0.15) is 11.2 Å². The highest BCUT2D eigenvalue weighted by Gasteiger charge is 2.22. The van der Waals surface area contributed by atoms with Crippen molar-refractivity contribution in [2.75, 3.05) is 0 Å². The van der Waals surface area contributed by atoms with E-state index in [1.807, 2.05) is 6.07 Å². The summed E-state index contributed by atoms with van der Waals surface area (Å²) in [7, 11) is 0. The average Bonchev–Trinajstić information content (AvgIpc) is 3.59. The summed E-state index contributed by atoms with van der Waals surface area (Å²) in [6.07, 6.45) is 0. The Hall–Kier alpha value is -5.67. The van der Waals surface area contributed by atoms with Crippen LogP contribution >= 0.6 is 0 Å². The summed E-state index contributed by atoms with van der Waals surface area (Å²) in [6, 6.07) is 47.5. The number of aromatic nitrogens is 2. The Balaban J connectivity index is 1.34. The molecule has 0 bridgehead atoms. The van der Waals surface area contributed by atoms with Crippen molar-refractivity contribution in [3.8, 4) is 27.9 Å². The minimum atomic E-state index is 0.905. The molecule has 0 spiro atoms. The van der Waals surface area contributed by atoms with Gasteiger partial charge in [-0.15, -0.1) is 0 Å². The van der Waals surface area contributed by atoms with E-state index in [2.05, 4.69) is 146 Å². The van der Waals surface area contributed by atoms with E-state index < -0.39 is 0 Å². The molecule has 7 aromatic carbocycles. The predicted molar refractivity (Wildman–Crippen MR) is 184 cm³/mol. The topological polar surface area (TPSA) is 31.0 Å². The van der Waals surface area contributed by atoms with E-state index in [0.717, 1.165) is 50.0 Å². The molecule has 0 unspecified atom stereocenters. The Labute approximate surface area is 254 Å². The molecule has 9 rings (SSSR count). The zero-order valence-corrected chi connectivity index (χ0v) is 24.5. The van der Waals surface area contributed by atoms with Crippen LogP contribution in [0.25, 0.3) is 82.2 Å². The van der Waals surface area contributed by atoms with Gasteiger partial charge in [0.15, 0.2) is 0 Å². The van der Waals surface area contributed by atoms with E-state index in [1.54, 1.807) is 0 Å². The lowest BCUT2D eigenvalue weighted by atomic mass is 9.85. The highest BCUT2D eigenvalue weighted by molar-refractivity contribution is 6.22. The van der Waals surface area contributed by atoms with Crippen LogP contribution in [-0.2, 0) is 0 Å². The summed E-state index contributed by atoms with van der Waals surface area (Å²) < 4.78 is 8.68. The average molecular weight is 565 g/mol. The molecule has 0 N–H and O–H groups in total. The molecule has 9 aromatic rings. The molecule has 0 amide bonds. The van der Waals surface area contributed by atoms with E-state index in [1.165, 1.54) is 43.6 Å². The maximum Gasteiger partial charge on any atom is 0.143 e. The summed E-state index contributed by atoms with van der Waals surface area (Å²) in [6.45, 7) is 4.30. The largest absolute Gasteiger partial charge is 0.455 e. The molecule has 0 aliphatic rings. The Morgan fingerprint density at radius 3 is 1.80 bits per heavy atom. The van der Waals surface area contributed by atoms with Crippen LogP contribution in [-0.4, -0.2) is 9.78 Å². The third-order valence-electron chi connectivity index (χ3n) is 9.13. The molecule has 0 atom stereocenters. The summed E-state index contributed by atoms with van der Waals surface area (Å²) in [5, 5.41) is 14.5. The fraction of sp³-hybridized carbons (Fsp3) is 0.0488. The van der Waals surface area contributed by atoms with Gasteiger partial charge in [0.2, 0.25) is 0 Å². The van der Waals surface area contributed by atoms with Crippen LogP contribution in [0.1, 0.15) is 11.4 Å². The number of nitrogens with zero attached hydrogens (tertiary/aromatic N) is 2. The minimum Gasteiger partial charge on any atom is -0.455 e. The molecule has 0 saturated heterocycles. The van der Waals surface area contributed by atoms with Crippen LogP contribution in [0.2, 0.25) is 0 Å². The van der Waals surface area contributed by atoms with Crippen LogP contribution in [0.4, 0.5) is 0 Å². The zero-order valence-electron chi connectivity index (χ0n) is 24.5. The second kappa shape index (κ2) is 9.42. The second-order valence-corrected chi connectivity index (χ2v) is 11.6. The molecular weight excluding hydrogens is 536 g/mol. The van der Waals surface area contributed by atoms with Crippen molar-refractivity contribution in [3.05, 3.63) is 145 Å². The van der Waals surface area contributed by atoms with Crippen LogP contribution in [0.15, 0.2) is 138 Å². The van der Waals surface area contributed by atoms with Crippen molar-refractivity contribution < 1.29 is 4.42 Å². The summed E-state index contributed by atoms with van der Waals surface area (Å²) in [5.41, 5.74) is 9.85. The summed E-state index contributed by atoms with van der Waals surface area (Å²) in [4.78, 5) is 0. The fourth-order valence-corrected chi connectivity index (χ4v) is 7.19. The van der Waals surface area contributed by atoms with Gasteiger partial charge in [-0.25, -0.2) is 4.68 Å². The fourth-order valence-electron chi connectivity index (χ4n) is 7.19. The second-order valence-electron chi connectivity index (χ2n) is 11.6. The highest BCUT2D eigenvalue weighted by atomic mass is 16.3. The van der Waals surface area contributed by atoms with E-state index >= 15 is 0 Å². The van der Waals surface area contributed by atoms with Crippen molar-refractivity contribution in [3.63, 3.8) is 0 Å². The number of hydrogen-bond acceptors (Lipinski definition) is 2. The number of hydrogen-bond donors (Lipinski definition) is 0. The Kier molecular flexibility index (Phi) is 5.33. The van der Waals surface area contributed by atoms with Gasteiger partial charge in [-0.2, -0.15) is 5.10 Å². The molecule has 0 aliphatic carbocycles. The summed E-state index contributed by atoms with van der Waals surface area (Å²) in [5.74, 6) is 0. The normalized spacial score (nSPS) is 11.9. The molecule has 208 valence electrons. The van der Waals surface area contributed by atoms with E-state index in [0.29, 0.717) is 0 Å². The third kappa shape index (κ3) is 3.53. The monoisotopic (exact) mass is 564 g/mol. The molecular formula is C41H28N2O. The van der Waals surface area contributed by atoms with Crippen LogP contribution in [0.5, 0.6) is 0 Å². The molecule has 0 fully saturated rings. The number of rotatable bonds is 3. The molecule has 2 aromatic heterocycles. The minimum absolute atomic E-state index is 0.905. The van der Waals surface area contributed by atoms with Gasteiger partial charge in [0.25, 0.3) is 0 Å². The van der Waals surface area contributed by atoms with Crippen molar-refractivity contribution in [2.45, 2.75) is 13.8 Å². The molecule has 0 aliphatic heterocycles. The predicted octanol–water partition coefficient (Wildman–Crippen LogP) is 11.2. The Morgan fingerprint density at radius 1 is 0.500 bits per heavy atom. The van der Waals surface area contributed by atoms with Gasteiger partial charge < -0.3 is 4.42 Å². The Bertz CT molecular complexity index is 2510. The smallest absolute Gasteiger partial charge is 0.143 e. The number of para-hydroxylation sites is 1. The van der Waals surface area contributed by atoms with E-state index in [4.69, 9.17) is 9.52 Å². The molecule has 2 heterocycles. The number of fused-ring (bicyclic) bond motifs is 7. The van der Waals surface area contributed by atoms with Crippen molar-refractivity contribution >= 4 is 54.3 Å². The first kappa shape index (κ1) is 24.9. The first-order valence-electron chi connectivity index (χ1n) is 15.1. The van der Waals surface area contributed by atoms with Gasteiger partial charge in [-0.05, 0) is 82.2 Å². The SMILES string of the molecule is Cc1nn(-c2ccccc2)c(C)c1-c1c2ccccc2c(-c2ccc3c(c2)oc2c4ccccc4ccc32)c2ccccc12. The number of aryl methyl sites for hydroxylation is 1. The molecule has 44 heavy (non-hydrogen) atoms. The van der Waals surface area contributed by atoms with E-state index in [9.17, 15) is 0 Å². The van der Waals surface area contributed by atoms with Crippen LogP contribution in [0.3, 0.4) is 0 Å². The van der Waals surface area contributed by atoms with Crippen molar-refractivity contribution in [1.29, 1.82) is 0 Å². The highest BCUT2D eigenvalue weighted by Crippen LogP contribution is 2.46. The maximum atomic E-state index is 6.61. The number of furan rings is 1. The van der Waals surface area contributed by atoms with Crippen molar-refractivity contribution in [2.24, 2.45) is 0 Å². The van der Waals surface area contributed by atoms with Gasteiger partial charge in [0, 0.05) is 33.0 Å². The van der Waals surface area contributed by atoms with Crippen LogP contribution < -0.4 is 0 Å². The zero-order chi connectivity index (χ0) is 29.4. The lowest BCUT2D eigenvalue weighted by Gasteiger charge is -2.18. The molecule has 0 radical (unpaired) electrons. The van der Waals surface area contributed by atoms with Crippen molar-refractivity contribution in [1.82, 2.24) is 9.78 Å². The third-order valence-corrected chi connectivity index (χ3v) is 9.13. The maximum absolute atomic E-state index is 6.61. The van der Waals surface area contributed by atoms with Gasteiger partial charge in [0.05, 0.1) is 11.4 Å².